The summed E-state index contributed by atoms with van der Waals surface area (Å²) in [6.45, 7) is 0. The summed E-state index contributed by atoms with van der Waals surface area (Å²) in [6.07, 6.45) is 1.66. The van der Waals surface area contributed by atoms with Crippen molar-refractivity contribution in [2.75, 3.05) is 19.5 Å². The Hall–Kier alpha value is -2.95. The number of anilines is 1. The van der Waals surface area contributed by atoms with Gasteiger partial charge in [0.25, 0.3) is 5.91 Å². The first-order valence-electron chi connectivity index (χ1n) is 9.52. The monoisotopic (exact) mass is 459 g/mol. The highest BCUT2D eigenvalue weighted by atomic mass is 32.2. The van der Waals surface area contributed by atoms with E-state index in [2.05, 4.69) is 15.0 Å². The van der Waals surface area contributed by atoms with Gasteiger partial charge in [-0.2, -0.15) is 0 Å². The van der Waals surface area contributed by atoms with Gasteiger partial charge >= 0.3 is 0 Å². The van der Waals surface area contributed by atoms with E-state index in [0.717, 1.165) is 18.4 Å². The van der Waals surface area contributed by atoms with Crippen LogP contribution in [0.3, 0.4) is 0 Å². The summed E-state index contributed by atoms with van der Waals surface area (Å²) in [6, 6.07) is 11.7. The van der Waals surface area contributed by atoms with Crippen LogP contribution >= 0.6 is 11.3 Å². The number of sulfonamides is 1. The lowest BCUT2D eigenvalue weighted by Crippen LogP contribution is -2.26. The van der Waals surface area contributed by atoms with Crippen molar-refractivity contribution >= 4 is 33.0 Å². The van der Waals surface area contributed by atoms with Crippen molar-refractivity contribution in [1.29, 1.82) is 0 Å². The van der Waals surface area contributed by atoms with Crippen LogP contribution in [0.5, 0.6) is 11.5 Å². The van der Waals surface area contributed by atoms with Gasteiger partial charge < -0.3 is 14.8 Å². The zero-order chi connectivity index (χ0) is 22.0. The van der Waals surface area contributed by atoms with Crippen molar-refractivity contribution < 1.29 is 22.7 Å². The molecule has 0 spiro atoms. The summed E-state index contributed by atoms with van der Waals surface area (Å²) in [5, 5.41) is 4.99. The average Bonchev–Trinajstić information content (AvgIpc) is 3.43. The lowest BCUT2D eigenvalue weighted by Gasteiger charge is -2.12. The molecular weight excluding hydrogens is 438 g/mol. The van der Waals surface area contributed by atoms with Crippen LogP contribution in [-0.4, -0.2) is 39.6 Å². The maximum atomic E-state index is 12.8. The lowest BCUT2D eigenvalue weighted by atomic mass is 10.2. The molecule has 31 heavy (non-hydrogen) atoms. The van der Waals surface area contributed by atoms with Crippen molar-refractivity contribution in [3.63, 3.8) is 0 Å². The number of carbonyl (C=O) groups is 1. The van der Waals surface area contributed by atoms with Gasteiger partial charge in [-0.3, -0.25) is 4.79 Å². The highest BCUT2D eigenvalue weighted by molar-refractivity contribution is 7.89. The molecule has 162 valence electrons. The number of thiazole rings is 1. The molecular formula is C21H21N3O5S2. The van der Waals surface area contributed by atoms with Crippen LogP contribution in [0.1, 0.15) is 23.3 Å². The molecule has 0 saturated heterocycles. The second kappa shape index (κ2) is 8.66. The van der Waals surface area contributed by atoms with Crippen LogP contribution in [0.25, 0.3) is 10.6 Å². The van der Waals surface area contributed by atoms with Crippen LogP contribution in [-0.2, 0) is 10.0 Å². The van der Waals surface area contributed by atoms with Gasteiger partial charge in [0.1, 0.15) is 22.2 Å². The lowest BCUT2D eigenvalue weighted by molar-refractivity contribution is 0.102. The fraction of sp³-hybridized carbons (Fsp3) is 0.238. The number of ether oxygens (including phenoxy) is 2. The normalized spacial score (nSPS) is 13.6. The van der Waals surface area contributed by atoms with Crippen molar-refractivity contribution in [2.24, 2.45) is 0 Å². The number of hydrogen-bond acceptors (Lipinski definition) is 7. The van der Waals surface area contributed by atoms with Crippen molar-refractivity contribution in [3.8, 4) is 22.1 Å². The van der Waals surface area contributed by atoms with Crippen LogP contribution in [0.2, 0.25) is 0 Å². The number of nitrogens with zero attached hydrogens (tertiary/aromatic N) is 1. The number of methoxy groups -OCH3 is 2. The van der Waals surface area contributed by atoms with E-state index < -0.39 is 15.9 Å². The topological polar surface area (TPSA) is 107 Å². The van der Waals surface area contributed by atoms with Gasteiger partial charge in [-0.05, 0) is 43.2 Å². The number of aromatic nitrogens is 1. The largest absolute Gasteiger partial charge is 0.496 e. The zero-order valence-electron chi connectivity index (χ0n) is 16.9. The standard InChI is InChI=1S/C21H21N3O5S2/c1-28-18-6-4-3-5-15(18)21-23-17(12-30-21)20(25)22-16-11-14(9-10-19(16)29-2)31(26,27)24-13-7-8-13/h3-6,9-13,24H,7-8H2,1-2H3,(H,22,25). The molecule has 1 heterocycles. The summed E-state index contributed by atoms with van der Waals surface area (Å²) in [5.41, 5.74) is 1.24. The van der Waals surface area contributed by atoms with Gasteiger partial charge in [0, 0.05) is 11.4 Å². The fourth-order valence-corrected chi connectivity index (χ4v) is 5.11. The molecule has 1 fully saturated rings. The molecule has 8 nitrogen and oxygen atoms in total. The van der Waals surface area contributed by atoms with Crippen molar-refractivity contribution in [1.82, 2.24) is 9.71 Å². The van der Waals surface area contributed by atoms with Crippen LogP contribution in [0, 0.1) is 0 Å². The number of carbonyl (C=O) groups excluding carboxylic acids is 1. The molecule has 1 aliphatic rings. The molecule has 0 aliphatic heterocycles. The Kier molecular flexibility index (Phi) is 5.94. The zero-order valence-corrected chi connectivity index (χ0v) is 18.5. The molecule has 0 unspecified atom stereocenters. The summed E-state index contributed by atoms with van der Waals surface area (Å²) in [4.78, 5) is 17.3. The molecule has 1 aromatic heterocycles. The first kappa shape index (κ1) is 21.3. The van der Waals surface area contributed by atoms with Crippen molar-refractivity contribution in [2.45, 2.75) is 23.8 Å². The minimum atomic E-state index is -3.67. The second-order valence-corrected chi connectivity index (χ2v) is 9.52. The summed E-state index contributed by atoms with van der Waals surface area (Å²) < 4.78 is 38.3. The van der Waals surface area contributed by atoms with E-state index in [1.54, 1.807) is 12.5 Å². The average molecular weight is 460 g/mol. The Balaban J connectivity index is 1.58. The quantitative estimate of drug-likeness (QED) is 0.534. The Morgan fingerprint density at radius 1 is 1.10 bits per heavy atom. The van der Waals surface area contributed by atoms with Gasteiger partial charge in [0.15, 0.2) is 0 Å². The van der Waals surface area contributed by atoms with E-state index in [4.69, 9.17) is 9.47 Å². The molecule has 3 aromatic rings. The van der Waals surface area contributed by atoms with E-state index in [1.165, 1.54) is 36.6 Å². The van der Waals surface area contributed by atoms with Gasteiger partial charge in [0.2, 0.25) is 10.0 Å². The Labute approximate surface area is 184 Å². The van der Waals surface area contributed by atoms with Gasteiger partial charge in [-0.15, -0.1) is 11.3 Å². The molecule has 10 heteroatoms. The van der Waals surface area contributed by atoms with Gasteiger partial charge in [0.05, 0.1) is 30.4 Å². The van der Waals surface area contributed by atoms with Gasteiger partial charge in [-0.1, -0.05) is 12.1 Å². The number of rotatable bonds is 8. The minimum Gasteiger partial charge on any atom is -0.496 e. The Bertz CT molecular complexity index is 1220. The maximum Gasteiger partial charge on any atom is 0.275 e. The van der Waals surface area contributed by atoms with Crippen LogP contribution in [0.4, 0.5) is 5.69 Å². The SMILES string of the molecule is COc1ccc(S(=O)(=O)NC2CC2)cc1NC(=O)c1csc(-c2ccccc2OC)n1. The highest BCUT2D eigenvalue weighted by Gasteiger charge is 2.28. The summed E-state index contributed by atoms with van der Waals surface area (Å²) in [5.74, 6) is 0.533. The third kappa shape index (κ3) is 4.71. The second-order valence-electron chi connectivity index (χ2n) is 6.95. The molecule has 1 saturated carbocycles. The van der Waals surface area contributed by atoms with E-state index >= 15 is 0 Å². The van der Waals surface area contributed by atoms with Crippen LogP contribution in [0.15, 0.2) is 52.7 Å². The molecule has 2 aromatic carbocycles. The number of para-hydroxylation sites is 1. The molecule has 2 N–H and O–H groups in total. The minimum absolute atomic E-state index is 0.0199. The predicted molar refractivity (Wildman–Crippen MR) is 118 cm³/mol. The number of amides is 1. The number of hydrogen-bond donors (Lipinski definition) is 2. The molecule has 0 radical (unpaired) electrons. The third-order valence-electron chi connectivity index (χ3n) is 4.70. The molecule has 1 amide bonds. The fourth-order valence-electron chi connectivity index (χ4n) is 2.95. The van der Waals surface area contributed by atoms with Crippen LogP contribution < -0.4 is 19.5 Å². The first-order valence-corrected chi connectivity index (χ1v) is 11.9. The number of nitrogens with one attached hydrogen (secondary N) is 2. The maximum absolute atomic E-state index is 12.8. The van der Waals surface area contributed by atoms with E-state index in [1.807, 2.05) is 24.3 Å². The van der Waals surface area contributed by atoms with E-state index in [9.17, 15) is 13.2 Å². The molecule has 1 aliphatic carbocycles. The Morgan fingerprint density at radius 2 is 1.84 bits per heavy atom. The third-order valence-corrected chi connectivity index (χ3v) is 7.10. The first-order chi connectivity index (χ1) is 14.9. The molecule has 0 bridgehead atoms. The van der Waals surface area contributed by atoms with E-state index in [-0.39, 0.29) is 22.3 Å². The van der Waals surface area contributed by atoms with E-state index in [0.29, 0.717) is 16.5 Å². The predicted octanol–water partition coefficient (Wildman–Crippen LogP) is 3.52. The number of benzene rings is 2. The molecule has 0 atom stereocenters. The van der Waals surface area contributed by atoms with Crippen molar-refractivity contribution in [3.05, 3.63) is 53.5 Å². The summed E-state index contributed by atoms with van der Waals surface area (Å²) >= 11 is 1.31. The Morgan fingerprint density at radius 3 is 2.55 bits per heavy atom. The summed E-state index contributed by atoms with van der Waals surface area (Å²) in [7, 11) is -0.645. The smallest absolute Gasteiger partial charge is 0.275 e. The van der Waals surface area contributed by atoms with Gasteiger partial charge in [-0.25, -0.2) is 18.1 Å². The molecule has 4 rings (SSSR count). The highest BCUT2D eigenvalue weighted by Crippen LogP contribution is 2.33.